The Labute approximate surface area is 219 Å². The van der Waals surface area contributed by atoms with Gasteiger partial charge in [0, 0.05) is 29.8 Å². The zero-order chi connectivity index (χ0) is 26.3. The Morgan fingerprint density at radius 3 is 2.84 bits per heavy atom. The predicted molar refractivity (Wildman–Crippen MR) is 135 cm³/mol. The molecule has 3 fully saturated rings. The molecule has 196 valence electrons. The summed E-state index contributed by atoms with van der Waals surface area (Å²) in [7, 11) is 0. The van der Waals surface area contributed by atoms with Gasteiger partial charge in [0.25, 0.3) is 11.8 Å². The number of nitrogens with zero attached hydrogens (tertiary/aromatic N) is 4. The molecule has 1 aromatic rings. The monoisotopic (exact) mass is 547 g/mol. The summed E-state index contributed by atoms with van der Waals surface area (Å²) in [5.41, 5.74) is 5.94. The fraction of sp³-hybridized carbons (Fsp3) is 0.455. The number of carbonyl (C=O) groups is 4. The van der Waals surface area contributed by atoms with Crippen molar-refractivity contribution in [3.63, 3.8) is 0 Å². The molecule has 4 aliphatic rings. The van der Waals surface area contributed by atoms with Crippen LogP contribution in [0.15, 0.2) is 33.5 Å². The minimum Gasteiger partial charge on any atom is -0.477 e. The summed E-state index contributed by atoms with van der Waals surface area (Å²) in [4.78, 5) is 57.6. The van der Waals surface area contributed by atoms with Crippen LogP contribution in [0, 0.1) is 5.92 Å². The third-order valence-electron chi connectivity index (χ3n) is 6.77. The molecule has 37 heavy (non-hydrogen) atoms. The van der Waals surface area contributed by atoms with Crippen molar-refractivity contribution in [1.29, 1.82) is 0 Å². The maximum Gasteiger partial charge on any atom is 0.352 e. The highest BCUT2D eigenvalue weighted by Crippen LogP contribution is 2.41. The number of hydrogen-bond acceptors (Lipinski definition) is 11. The molecule has 4 aliphatic heterocycles. The molecule has 0 spiro atoms. The van der Waals surface area contributed by atoms with Gasteiger partial charge >= 0.3 is 5.97 Å². The van der Waals surface area contributed by atoms with Crippen LogP contribution in [0.25, 0.3) is 0 Å². The minimum absolute atomic E-state index is 0.0573. The molecule has 0 radical (unpaired) electrons. The number of oxime groups is 1. The number of carboxylic acids is 1. The maximum absolute atomic E-state index is 13.0. The van der Waals surface area contributed by atoms with Crippen LogP contribution in [-0.2, 0) is 19.2 Å². The van der Waals surface area contributed by atoms with Crippen LogP contribution >= 0.6 is 23.1 Å². The van der Waals surface area contributed by atoms with Crippen LogP contribution in [-0.4, -0.2) is 97.8 Å². The summed E-state index contributed by atoms with van der Waals surface area (Å²) in [5, 5.41) is 29.0. The van der Waals surface area contributed by atoms with Gasteiger partial charge in [0.2, 0.25) is 5.91 Å². The first-order valence-electron chi connectivity index (χ1n) is 11.6. The molecular weight excluding hydrogens is 522 g/mol. The van der Waals surface area contributed by atoms with Crippen molar-refractivity contribution in [2.24, 2.45) is 11.1 Å². The van der Waals surface area contributed by atoms with E-state index in [2.05, 4.69) is 20.8 Å². The lowest BCUT2D eigenvalue weighted by Gasteiger charge is -2.49. The van der Waals surface area contributed by atoms with E-state index in [1.165, 1.54) is 17.1 Å². The normalized spacial score (nSPS) is 27.1. The molecule has 3 amide bonds. The predicted octanol–water partition coefficient (Wildman–Crippen LogP) is -0.590. The second kappa shape index (κ2) is 10.1. The number of thioether (sulfide) groups is 1. The third-order valence-corrected chi connectivity index (χ3v) is 8.75. The van der Waals surface area contributed by atoms with Gasteiger partial charge in [-0.2, -0.15) is 0 Å². The van der Waals surface area contributed by atoms with Crippen LogP contribution in [0.5, 0.6) is 0 Å². The number of allylic oxidation sites excluding steroid dienone is 1. The van der Waals surface area contributed by atoms with Crippen LogP contribution in [0.1, 0.15) is 18.5 Å². The van der Waals surface area contributed by atoms with Gasteiger partial charge in [0.15, 0.2) is 10.8 Å². The number of carbonyl (C=O) groups excluding carboxylic acids is 3. The first-order chi connectivity index (χ1) is 17.8. The molecule has 13 nitrogen and oxygen atoms in total. The van der Waals surface area contributed by atoms with E-state index in [9.17, 15) is 29.5 Å². The lowest BCUT2D eigenvalue weighted by Crippen LogP contribution is -2.71. The summed E-state index contributed by atoms with van der Waals surface area (Å²) >= 11 is 2.34. The zero-order valence-electron chi connectivity index (χ0n) is 19.5. The van der Waals surface area contributed by atoms with Gasteiger partial charge in [0.1, 0.15) is 22.8 Å². The molecule has 3 saturated heterocycles. The van der Waals surface area contributed by atoms with Crippen molar-refractivity contribution in [3.05, 3.63) is 34.0 Å². The number of thiazole rings is 1. The lowest BCUT2D eigenvalue weighted by molar-refractivity contribution is -0.150. The summed E-state index contributed by atoms with van der Waals surface area (Å²) in [6.07, 6.45) is 3.14. The van der Waals surface area contributed by atoms with Crippen molar-refractivity contribution < 1.29 is 29.5 Å². The van der Waals surface area contributed by atoms with Crippen molar-refractivity contribution >= 4 is 57.6 Å². The molecule has 3 atom stereocenters. The van der Waals surface area contributed by atoms with Crippen LogP contribution in [0.3, 0.4) is 0 Å². The Bertz CT molecular complexity index is 1250. The van der Waals surface area contributed by atoms with Gasteiger partial charge in [-0.25, -0.2) is 9.78 Å². The summed E-state index contributed by atoms with van der Waals surface area (Å²) < 4.78 is 0. The number of nitrogen functional groups attached to an aromatic ring is 1. The number of fused-ring (bicyclic) bond motifs is 1. The van der Waals surface area contributed by atoms with Gasteiger partial charge in [-0.1, -0.05) is 5.16 Å². The standard InChI is InChI=1S/C22H25N7O6S2/c23-22-25-13(9-37-22)14(27-35)17(30)26-15-19(32)29-16(21(33)34)12(8-36-20(15)29)5-11-2-4-28(18(11)31)7-10-1-3-24-6-10/h5,9-10,15,20,24,35H,1-4,6-8H2,(H2,23,25)(H,26,30)(H,33,34)/b11-5?,27-14-. The van der Waals surface area contributed by atoms with Gasteiger partial charge in [0.05, 0.1) is 0 Å². The summed E-state index contributed by atoms with van der Waals surface area (Å²) in [6, 6.07) is -1.02. The fourth-order valence-corrected chi connectivity index (χ4v) is 6.79. The molecule has 6 N–H and O–H groups in total. The van der Waals surface area contributed by atoms with Crippen molar-refractivity contribution in [2.45, 2.75) is 24.3 Å². The second-order valence-electron chi connectivity index (χ2n) is 9.09. The Hall–Kier alpha value is -3.43. The van der Waals surface area contributed by atoms with Gasteiger partial charge in [-0.05, 0) is 43.5 Å². The summed E-state index contributed by atoms with van der Waals surface area (Å²) in [5.74, 6) is -2.18. The summed E-state index contributed by atoms with van der Waals surface area (Å²) in [6.45, 7) is 3.08. The zero-order valence-corrected chi connectivity index (χ0v) is 21.2. The Kier molecular flexibility index (Phi) is 6.92. The van der Waals surface area contributed by atoms with Gasteiger partial charge in [-0.15, -0.1) is 23.1 Å². The number of amides is 3. The number of likely N-dealkylation sites (tertiary alicyclic amines) is 1. The Morgan fingerprint density at radius 1 is 1.38 bits per heavy atom. The highest BCUT2D eigenvalue weighted by molar-refractivity contribution is 8.00. The quantitative estimate of drug-likeness (QED) is 0.0969. The number of aliphatic carboxylic acids is 1. The second-order valence-corrected chi connectivity index (χ2v) is 11.1. The first kappa shape index (κ1) is 25.2. The average molecular weight is 548 g/mol. The van der Waals surface area contributed by atoms with Gasteiger partial charge in [-0.3, -0.25) is 19.3 Å². The molecule has 0 aromatic carbocycles. The number of hydrogen-bond donors (Lipinski definition) is 5. The van der Waals surface area contributed by atoms with Crippen LogP contribution in [0.2, 0.25) is 0 Å². The van der Waals surface area contributed by atoms with Crippen molar-refractivity contribution in [2.75, 3.05) is 37.7 Å². The molecule has 1 aromatic heterocycles. The SMILES string of the molecule is Nc1nc(/C(=N/O)C(=O)NC2C(=O)N3C(C(=O)O)=C(C=C4CCN(CC5CCNC5)C4=O)CSC23)cs1. The smallest absolute Gasteiger partial charge is 0.352 e. The van der Waals surface area contributed by atoms with E-state index in [1.54, 1.807) is 11.0 Å². The molecule has 15 heteroatoms. The Morgan fingerprint density at radius 2 is 2.19 bits per heavy atom. The van der Waals surface area contributed by atoms with Crippen LogP contribution < -0.4 is 16.4 Å². The fourth-order valence-electron chi connectivity index (χ4n) is 4.94. The number of nitrogens with one attached hydrogen (secondary N) is 2. The molecule has 5 heterocycles. The number of carboxylic acid groups (broad SMARTS) is 1. The molecule has 0 aliphatic carbocycles. The van der Waals surface area contributed by atoms with E-state index < -0.39 is 34.9 Å². The number of aromatic nitrogens is 1. The molecule has 0 bridgehead atoms. The third kappa shape index (κ3) is 4.69. The molecular formula is C22H25N7O6S2. The Balaban J connectivity index is 1.30. The number of β-lactam (4-membered cyclic amide) rings is 1. The maximum atomic E-state index is 13.0. The highest BCUT2D eigenvalue weighted by atomic mass is 32.2. The topological polar surface area (TPSA) is 191 Å². The number of nitrogens with two attached hydrogens (primary N) is 1. The molecule has 0 saturated carbocycles. The van der Waals surface area contributed by atoms with E-state index in [0.29, 0.717) is 36.6 Å². The van der Waals surface area contributed by atoms with Crippen molar-refractivity contribution in [3.8, 4) is 0 Å². The number of anilines is 1. The first-order valence-corrected chi connectivity index (χ1v) is 13.6. The lowest BCUT2D eigenvalue weighted by atomic mass is 10.0. The van der Waals surface area contributed by atoms with E-state index in [1.807, 2.05) is 0 Å². The molecule has 5 rings (SSSR count). The molecule has 3 unspecified atom stereocenters. The highest BCUT2D eigenvalue weighted by Gasteiger charge is 2.54. The van der Waals surface area contributed by atoms with E-state index in [-0.39, 0.29) is 28.2 Å². The van der Waals surface area contributed by atoms with E-state index in [4.69, 9.17) is 5.73 Å². The van der Waals surface area contributed by atoms with Crippen LogP contribution in [0.4, 0.5) is 5.13 Å². The largest absolute Gasteiger partial charge is 0.477 e. The van der Waals surface area contributed by atoms with Crippen molar-refractivity contribution in [1.82, 2.24) is 25.4 Å². The average Bonchev–Trinajstić information content (AvgIpc) is 3.62. The van der Waals surface area contributed by atoms with E-state index in [0.717, 1.165) is 35.7 Å². The van der Waals surface area contributed by atoms with E-state index >= 15 is 0 Å². The number of rotatable bonds is 7. The minimum atomic E-state index is -1.29. The van der Waals surface area contributed by atoms with Gasteiger partial charge < -0.3 is 31.6 Å².